The van der Waals surface area contributed by atoms with E-state index < -0.39 is 11.9 Å². The number of aromatic hydroxyl groups is 2. The van der Waals surface area contributed by atoms with Crippen LogP contribution in [0.2, 0.25) is 0 Å². The fourth-order valence-corrected chi connectivity index (χ4v) is 5.05. The monoisotopic (exact) mass is 725 g/mol. The Kier molecular flexibility index (Phi) is 20.0. The standard InChI is InChI=1S/C36H56N2O2.2C2H4O2.Co/c1-33(2,3)19-25-15-27(21-35(7,8)9)31(39)29(17-25)23-37-13-14-38-24-30-18-26(20-34(4,5)6)16-28(32(30)40)22-36(10,11)12;2*1-2(3)4;/h15-18,23-24,39-40H,13-14,19-22H2,1-12H3;2*1H3,(H,3,4);/q;;;+2/p-2. The average molecular weight is 726 g/mol. The molecule has 9 heteroatoms. The Morgan fingerprint density at radius 3 is 1.04 bits per heavy atom. The van der Waals surface area contributed by atoms with Gasteiger partial charge >= 0.3 is 16.8 Å². The Hall–Kier alpha value is -3.17. The van der Waals surface area contributed by atoms with Crippen molar-refractivity contribution >= 4 is 24.4 Å². The Balaban J connectivity index is 0. The zero-order valence-corrected chi connectivity index (χ0v) is 33.5. The van der Waals surface area contributed by atoms with E-state index in [1.165, 1.54) is 11.1 Å². The molecule has 2 aromatic rings. The van der Waals surface area contributed by atoms with E-state index in [0.717, 1.165) is 61.8 Å². The third-order valence-corrected chi connectivity index (χ3v) is 6.29. The van der Waals surface area contributed by atoms with E-state index in [-0.39, 0.29) is 38.4 Å². The maximum Gasteiger partial charge on any atom is 2.00 e. The zero-order valence-electron chi connectivity index (χ0n) is 32.5. The Morgan fingerprint density at radius 2 is 0.816 bits per heavy atom. The van der Waals surface area contributed by atoms with E-state index in [0.29, 0.717) is 24.6 Å². The SMILES string of the molecule is CC(=O)[O-].CC(=O)[O-].CC(C)(C)Cc1cc(C=NCCN=Cc2cc(CC(C)(C)C)cc(CC(C)(C)C)c2O)c(O)c(CC(C)(C)C)c1.[Co+2]. The van der Waals surface area contributed by atoms with Crippen LogP contribution in [0.5, 0.6) is 11.5 Å². The first-order valence-electron chi connectivity index (χ1n) is 16.6. The Labute approximate surface area is 306 Å². The zero-order chi connectivity index (χ0) is 37.7. The fraction of sp³-hybridized carbons (Fsp3) is 0.600. The van der Waals surface area contributed by atoms with Crippen molar-refractivity contribution in [1.29, 1.82) is 0 Å². The number of phenolic OH excluding ortho intramolecular Hbond substituents is 2. The second kappa shape index (κ2) is 20.5. The topological polar surface area (TPSA) is 145 Å². The molecule has 1 radical (unpaired) electrons. The first-order chi connectivity index (χ1) is 21.6. The summed E-state index contributed by atoms with van der Waals surface area (Å²) in [6.07, 6.45) is 7.04. The number of hydrogen-bond donors (Lipinski definition) is 2. The van der Waals surface area contributed by atoms with E-state index in [1.54, 1.807) is 12.4 Å². The van der Waals surface area contributed by atoms with Crippen LogP contribution in [0.4, 0.5) is 0 Å². The van der Waals surface area contributed by atoms with Crippen molar-refractivity contribution in [3.05, 3.63) is 57.6 Å². The number of carboxylic acids is 2. The molecule has 2 aromatic carbocycles. The van der Waals surface area contributed by atoms with Gasteiger partial charge in [0.25, 0.3) is 0 Å². The number of rotatable bonds is 9. The molecule has 49 heavy (non-hydrogen) atoms. The van der Waals surface area contributed by atoms with Crippen LogP contribution in [0.1, 0.15) is 130 Å². The molecule has 0 aliphatic carbocycles. The molecule has 0 aromatic heterocycles. The van der Waals surface area contributed by atoms with Gasteiger partial charge in [0, 0.05) is 35.5 Å². The van der Waals surface area contributed by atoms with E-state index in [9.17, 15) is 10.2 Å². The largest absolute Gasteiger partial charge is 2.00 e. The summed E-state index contributed by atoms with van der Waals surface area (Å²) >= 11 is 0. The van der Waals surface area contributed by atoms with Gasteiger partial charge in [0.15, 0.2) is 0 Å². The maximum atomic E-state index is 11.0. The number of nitrogens with zero attached hydrogens (tertiary/aromatic N) is 2. The minimum Gasteiger partial charge on any atom is -0.550 e. The molecule has 0 saturated carbocycles. The summed E-state index contributed by atoms with van der Waals surface area (Å²) < 4.78 is 0. The molecular formula is C40H62CoN2O6. The number of aliphatic carboxylic acids is 2. The van der Waals surface area contributed by atoms with Crippen LogP contribution in [0.25, 0.3) is 0 Å². The van der Waals surface area contributed by atoms with Gasteiger partial charge in [-0.3, -0.25) is 9.98 Å². The van der Waals surface area contributed by atoms with Gasteiger partial charge in [-0.15, -0.1) is 0 Å². The predicted molar refractivity (Wildman–Crippen MR) is 195 cm³/mol. The summed E-state index contributed by atoms with van der Waals surface area (Å²) in [5.41, 5.74) is 6.39. The number of carbonyl (C=O) groups excluding carboxylic acids is 2. The van der Waals surface area contributed by atoms with Crippen LogP contribution >= 0.6 is 0 Å². The summed E-state index contributed by atoms with van der Waals surface area (Å²) in [7, 11) is 0. The minimum absolute atomic E-state index is 0. The van der Waals surface area contributed by atoms with Crippen LogP contribution in [-0.2, 0) is 52.1 Å². The van der Waals surface area contributed by atoms with Crippen LogP contribution in [-0.4, -0.2) is 47.7 Å². The van der Waals surface area contributed by atoms with Gasteiger partial charge in [0.05, 0.1) is 13.1 Å². The fourth-order valence-electron chi connectivity index (χ4n) is 5.05. The summed E-state index contributed by atoms with van der Waals surface area (Å²) in [6, 6.07) is 8.44. The molecule has 2 N–H and O–H groups in total. The number of carboxylic acid groups (broad SMARTS) is 2. The second-order valence-electron chi connectivity index (χ2n) is 17.4. The van der Waals surface area contributed by atoms with Crippen molar-refractivity contribution < 1.29 is 46.8 Å². The predicted octanol–water partition coefficient (Wildman–Crippen LogP) is 6.50. The average Bonchev–Trinajstić information content (AvgIpc) is 2.82. The first-order valence-corrected chi connectivity index (χ1v) is 16.6. The summed E-state index contributed by atoms with van der Waals surface area (Å²) in [5, 5.41) is 39.8. The van der Waals surface area contributed by atoms with Crippen LogP contribution in [0.3, 0.4) is 0 Å². The van der Waals surface area contributed by atoms with Gasteiger partial charge in [-0.25, -0.2) is 0 Å². The van der Waals surface area contributed by atoms with Gasteiger partial charge in [-0.2, -0.15) is 0 Å². The Bertz CT molecular complexity index is 1290. The molecule has 0 fully saturated rings. The van der Waals surface area contributed by atoms with Gasteiger partial charge in [0.1, 0.15) is 11.5 Å². The number of benzene rings is 2. The van der Waals surface area contributed by atoms with Crippen molar-refractivity contribution in [3.8, 4) is 11.5 Å². The van der Waals surface area contributed by atoms with E-state index in [4.69, 9.17) is 19.8 Å². The van der Waals surface area contributed by atoms with Gasteiger partial charge in [0.2, 0.25) is 0 Å². The van der Waals surface area contributed by atoms with Gasteiger partial charge in [-0.05, 0) is 95.6 Å². The van der Waals surface area contributed by atoms with Crippen LogP contribution < -0.4 is 10.2 Å². The molecule has 0 spiro atoms. The van der Waals surface area contributed by atoms with Crippen LogP contribution in [0.15, 0.2) is 34.3 Å². The van der Waals surface area contributed by atoms with Crippen molar-refractivity contribution in [2.24, 2.45) is 31.6 Å². The van der Waals surface area contributed by atoms with Crippen molar-refractivity contribution in [2.75, 3.05) is 13.1 Å². The van der Waals surface area contributed by atoms with Gasteiger partial charge < -0.3 is 30.0 Å². The number of phenols is 2. The van der Waals surface area contributed by atoms with Crippen molar-refractivity contribution in [1.82, 2.24) is 0 Å². The second-order valence-corrected chi connectivity index (χ2v) is 17.4. The minimum atomic E-state index is -1.08. The smallest absolute Gasteiger partial charge is 0.550 e. The molecule has 0 heterocycles. The molecule has 0 aliphatic heterocycles. The summed E-state index contributed by atoms with van der Waals surface area (Å²) in [5.74, 6) is -1.52. The normalized spacial score (nSPS) is 12.1. The number of hydrogen-bond acceptors (Lipinski definition) is 8. The Morgan fingerprint density at radius 1 is 0.571 bits per heavy atom. The first kappa shape index (κ1) is 47.9. The number of carbonyl (C=O) groups is 2. The van der Waals surface area contributed by atoms with E-state index >= 15 is 0 Å². The molecule has 277 valence electrons. The van der Waals surface area contributed by atoms with Gasteiger partial charge in [-0.1, -0.05) is 95.2 Å². The van der Waals surface area contributed by atoms with E-state index in [2.05, 4.69) is 117 Å². The molecule has 0 bridgehead atoms. The summed E-state index contributed by atoms with van der Waals surface area (Å²) in [6.45, 7) is 29.5. The molecule has 0 amide bonds. The molecule has 0 atom stereocenters. The molecular weight excluding hydrogens is 663 g/mol. The van der Waals surface area contributed by atoms with E-state index in [1.807, 2.05) is 0 Å². The summed E-state index contributed by atoms with van der Waals surface area (Å²) in [4.78, 5) is 27.0. The van der Waals surface area contributed by atoms with Crippen LogP contribution in [0, 0.1) is 21.7 Å². The molecule has 8 nitrogen and oxygen atoms in total. The molecule has 0 saturated heterocycles. The van der Waals surface area contributed by atoms with Crippen molar-refractivity contribution in [2.45, 2.75) is 123 Å². The number of aliphatic imine (C=N–C) groups is 2. The molecule has 0 aliphatic rings. The third kappa shape index (κ3) is 24.6. The van der Waals surface area contributed by atoms with Crippen molar-refractivity contribution in [3.63, 3.8) is 0 Å². The maximum absolute atomic E-state index is 11.0. The quantitative estimate of drug-likeness (QED) is 0.223. The molecule has 0 unspecified atom stereocenters. The molecule has 2 rings (SSSR count). The third-order valence-electron chi connectivity index (χ3n) is 6.29.